The molecule has 10 heteroatoms. The van der Waals surface area contributed by atoms with Crippen LogP contribution in [0, 0.1) is 0 Å². The van der Waals surface area contributed by atoms with Crippen LogP contribution in [0.1, 0.15) is 13.8 Å². The van der Waals surface area contributed by atoms with Gasteiger partial charge in [-0.25, -0.2) is 4.79 Å². The first-order valence-corrected chi connectivity index (χ1v) is 8.68. The molecule has 122 valence electrons. The molecule has 0 spiro atoms. The monoisotopic (exact) mass is 346 g/mol. The Morgan fingerprint density at radius 1 is 1.55 bits per heavy atom. The molecular weight excluding hydrogens is 328 g/mol. The van der Waals surface area contributed by atoms with Gasteiger partial charge in [-0.2, -0.15) is 0 Å². The molecule has 1 aromatic heterocycles. The molecule has 2 heterocycles. The first-order valence-electron chi connectivity index (χ1n) is 6.88. The second-order valence-electron chi connectivity index (χ2n) is 4.53. The molecule has 0 bridgehead atoms. The summed E-state index contributed by atoms with van der Waals surface area (Å²) in [5.74, 6) is 0.344. The number of hydrogen-bond acceptors (Lipinski definition) is 8. The van der Waals surface area contributed by atoms with Gasteiger partial charge in [-0.3, -0.25) is 10.1 Å². The lowest BCUT2D eigenvalue weighted by Crippen LogP contribution is -2.45. The second-order valence-corrected chi connectivity index (χ2v) is 6.73. The molecule has 8 nitrogen and oxygen atoms in total. The number of amides is 2. The topological polar surface area (TPSA) is 93.7 Å². The zero-order chi connectivity index (χ0) is 15.9. The lowest BCUT2D eigenvalue weighted by molar-refractivity contribution is -0.135. The highest BCUT2D eigenvalue weighted by Gasteiger charge is 2.21. The molecule has 1 fully saturated rings. The van der Waals surface area contributed by atoms with Crippen molar-refractivity contribution in [2.75, 3.05) is 37.4 Å². The fraction of sp³-hybridized carbons (Fsp3) is 0.667. The fourth-order valence-electron chi connectivity index (χ4n) is 1.83. The summed E-state index contributed by atoms with van der Waals surface area (Å²) < 4.78 is 10.8. The number of nitrogens with zero attached hydrogens (tertiary/aromatic N) is 3. The fourth-order valence-corrected chi connectivity index (χ4v) is 3.47. The van der Waals surface area contributed by atoms with Gasteiger partial charge in [0.2, 0.25) is 11.0 Å². The van der Waals surface area contributed by atoms with Gasteiger partial charge < -0.3 is 14.4 Å². The lowest BCUT2D eigenvalue weighted by atomic mass is 10.3. The van der Waals surface area contributed by atoms with Crippen molar-refractivity contribution < 1.29 is 19.1 Å². The van der Waals surface area contributed by atoms with Crippen molar-refractivity contribution in [1.29, 1.82) is 0 Å². The summed E-state index contributed by atoms with van der Waals surface area (Å²) in [6.45, 7) is 5.77. The Labute approximate surface area is 136 Å². The number of morpholine rings is 1. The minimum Gasteiger partial charge on any atom is -0.450 e. The van der Waals surface area contributed by atoms with Gasteiger partial charge in [-0.05, 0) is 13.8 Å². The van der Waals surface area contributed by atoms with Crippen LogP contribution in [0.25, 0.3) is 0 Å². The summed E-state index contributed by atoms with van der Waals surface area (Å²) >= 11 is 2.52. The Morgan fingerprint density at radius 3 is 3.09 bits per heavy atom. The Morgan fingerprint density at radius 2 is 2.36 bits per heavy atom. The lowest BCUT2D eigenvalue weighted by Gasteiger charge is -2.31. The number of hydrogen-bond donors (Lipinski definition) is 1. The number of rotatable bonds is 5. The molecule has 2 rings (SSSR count). The van der Waals surface area contributed by atoms with Crippen molar-refractivity contribution in [3.63, 3.8) is 0 Å². The second kappa shape index (κ2) is 8.30. The minimum atomic E-state index is -0.561. The van der Waals surface area contributed by atoms with E-state index in [0.717, 1.165) is 0 Å². The molecule has 1 unspecified atom stereocenters. The Kier molecular flexibility index (Phi) is 6.40. The van der Waals surface area contributed by atoms with Crippen molar-refractivity contribution in [3.05, 3.63) is 0 Å². The van der Waals surface area contributed by atoms with Crippen molar-refractivity contribution >= 4 is 40.2 Å². The molecule has 0 aliphatic carbocycles. The average molecular weight is 346 g/mol. The van der Waals surface area contributed by atoms with Crippen molar-refractivity contribution in [2.45, 2.75) is 24.3 Å². The van der Waals surface area contributed by atoms with Gasteiger partial charge in [-0.15, -0.1) is 10.2 Å². The zero-order valence-electron chi connectivity index (χ0n) is 12.4. The molecule has 0 aromatic carbocycles. The largest absolute Gasteiger partial charge is 0.450 e. The molecule has 22 heavy (non-hydrogen) atoms. The molecule has 1 aliphatic heterocycles. The van der Waals surface area contributed by atoms with E-state index in [9.17, 15) is 9.59 Å². The van der Waals surface area contributed by atoms with Gasteiger partial charge in [0.25, 0.3) is 0 Å². The van der Waals surface area contributed by atoms with E-state index < -0.39 is 6.09 Å². The third kappa shape index (κ3) is 5.11. The van der Waals surface area contributed by atoms with Gasteiger partial charge in [0, 0.05) is 13.1 Å². The third-order valence-corrected chi connectivity index (χ3v) is 4.76. The third-order valence-electron chi connectivity index (χ3n) is 2.80. The van der Waals surface area contributed by atoms with Crippen LogP contribution in [-0.4, -0.2) is 65.3 Å². The number of nitrogens with one attached hydrogen (secondary N) is 1. The summed E-state index contributed by atoms with van der Waals surface area (Å²) in [6.07, 6.45) is -0.488. The van der Waals surface area contributed by atoms with Crippen molar-refractivity contribution in [2.24, 2.45) is 0 Å². The Hall–Kier alpha value is -1.39. The van der Waals surface area contributed by atoms with Crippen molar-refractivity contribution in [1.82, 2.24) is 15.1 Å². The summed E-state index contributed by atoms with van der Waals surface area (Å²) in [4.78, 5) is 25.1. The summed E-state index contributed by atoms with van der Waals surface area (Å²) in [7, 11) is 0. The van der Waals surface area contributed by atoms with E-state index in [2.05, 4.69) is 15.5 Å². The highest BCUT2D eigenvalue weighted by atomic mass is 32.2. The molecule has 0 radical (unpaired) electrons. The maximum atomic E-state index is 12.1. The minimum absolute atomic E-state index is 0.0512. The predicted octanol–water partition coefficient (Wildman–Crippen LogP) is 1.45. The van der Waals surface area contributed by atoms with Gasteiger partial charge in [0.1, 0.15) is 0 Å². The number of anilines is 1. The van der Waals surface area contributed by atoms with E-state index >= 15 is 0 Å². The van der Waals surface area contributed by atoms with E-state index in [0.29, 0.717) is 41.5 Å². The van der Waals surface area contributed by atoms with Crippen LogP contribution in [0.15, 0.2) is 4.34 Å². The van der Waals surface area contributed by atoms with Crippen LogP contribution < -0.4 is 5.32 Å². The predicted molar refractivity (Wildman–Crippen MR) is 83.3 cm³/mol. The maximum Gasteiger partial charge on any atom is 0.413 e. The summed E-state index contributed by atoms with van der Waals surface area (Å²) in [6, 6.07) is 0. The van der Waals surface area contributed by atoms with Crippen LogP contribution in [0.3, 0.4) is 0 Å². The number of aromatic nitrogens is 2. The van der Waals surface area contributed by atoms with E-state index in [1.165, 1.54) is 23.1 Å². The molecule has 1 N–H and O–H groups in total. The summed E-state index contributed by atoms with van der Waals surface area (Å²) in [5, 5.41) is 10.6. The molecule has 0 saturated carbocycles. The first kappa shape index (κ1) is 17.0. The normalized spacial score (nSPS) is 18.1. The first-order chi connectivity index (χ1) is 10.6. The van der Waals surface area contributed by atoms with Gasteiger partial charge in [0.15, 0.2) is 4.34 Å². The molecule has 1 aliphatic rings. The van der Waals surface area contributed by atoms with Crippen LogP contribution in [0.5, 0.6) is 0 Å². The molecule has 1 saturated heterocycles. The van der Waals surface area contributed by atoms with Gasteiger partial charge in [0.05, 0.1) is 25.1 Å². The Bertz CT molecular complexity index is 525. The highest BCUT2D eigenvalue weighted by Crippen LogP contribution is 2.26. The number of carbonyl (C=O) groups is 2. The van der Waals surface area contributed by atoms with E-state index in [-0.39, 0.29) is 12.0 Å². The SMILES string of the molecule is CCOC(=O)Nc1nnc(SCC(=O)N2CCOC(C)C2)s1. The number of thioether (sulfide) groups is 1. The molecule has 2 amide bonds. The van der Waals surface area contributed by atoms with E-state index in [4.69, 9.17) is 9.47 Å². The standard InChI is InChI=1S/C12H18N4O4S2/c1-3-19-11(18)13-10-14-15-12(22-10)21-7-9(17)16-4-5-20-8(2)6-16/h8H,3-7H2,1-2H3,(H,13,14,18). The highest BCUT2D eigenvalue weighted by molar-refractivity contribution is 8.01. The molecule has 1 aromatic rings. The smallest absolute Gasteiger partial charge is 0.413 e. The zero-order valence-corrected chi connectivity index (χ0v) is 14.0. The van der Waals surface area contributed by atoms with Crippen LogP contribution in [-0.2, 0) is 14.3 Å². The molecule has 1 atom stereocenters. The summed E-state index contributed by atoms with van der Waals surface area (Å²) in [5.41, 5.74) is 0. The molecular formula is C12H18N4O4S2. The van der Waals surface area contributed by atoms with Crippen LogP contribution in [0.4, 0.5) is 9.93 Å². The van der Waals surface area contributed by atoms with Crippen LogP contribution >= 0.6 is 23.1 Å². The Balaban J connectivity index is 1.78. The van der Waals surface area contributed by atoms with E-state index in [1.807, 2.05) is 6.92 Å². The van der Waals surface area contributed by atoms with E-state index in [1.54, 1.807) is 11.8 Å². The quantitative estimate of drug-likeness (QED) is 0.637. The van der Waals surface area contributed by atoms with Gasteiger partial charge >= 0.3 is 6.09 Å². The maximum absolute atomic E-state index is 12.1. The number of carbonyl (C=O) groups excluding carboxylic acids is 2. The van der Waals surface area contributed by atoms with Crippen molar-refractivity contribution in [3.8, 4) is 0 Å². The van der Waals surface area contributed by atoms with Crippen LogP contribution in [0.2, 0.25) is 0 Å². The average Bonchev–Trinajstić information content (AvgIpc) is 2.92. The number of ether oxygens (including phenoxy) is 2. The van der Waals surface area contributed by atoms with Gasteiger partial charge in [-0.1, -0.05) is 23.1 Å².